The molecular weight excluding hydrogens is 538 g/mol. The molecule has 12 heteroatoms. The zero-order valence-electron chi connectivity index (χ0n) is 22.5. The Morgan fingerprint density at radius 1 is 1.22 bits per heavy atom. The van der Waals surface area contributed by atoms with Crippen molar-refractivity contribution in [3.8, 4) is 5.88 Å². The molecule has 10 nitrogen and oxygen atoms in total. The lowest BCUT2D eigenvalue weighted by Gasteiger charge is -2.39. The maximum atomic E-state index is 13.9. The molecule has 1 fully saturated rings. The van der Waals surface area contributed by atoms with Crippen molar-refractivity contribution in [1.82, 2.24) is 20.6 Å². The lowest BCUT2D eigenvalue weighted by Crippen LogP contribution is -2.52. The highest BCUT2D eigenvalue weighted by Gasteiger charge is 2.38. The first-order chi connectivity index (χ1) is 19.8. The first-order valence-corrected chi connectivity index (χ1v) is 13.3. The fraction of sp³-hybridized carbons (Fsp3) is 0.414. The number of rotatable bonds is 12. The molecule has 0 aliphatic carbocycles. The maximum Gasteiger partial charge on any atom is 0.222 e. The number of ether oxygens (including phenoxy) is 2. The molecule has 1 aliphatic heterocycles. The lowest BCUT2D eigenvalue weighted by molar-refractivity contribution is -0.153. The number of aliphatic hydroxyl groups is 3. The summed E-state index contributed by atoms with van der Waals surface area (Å²) in [5.41, 5.74) is 1.37. The van der Waals surface area contributed by atoms with Crippen LogP contribution >= 0.6 is 0 Å². The van der Waals surface area contributed by atoms with Crippen molar-refractivity contribution in [3.63, 3.8) is 0 Å². The summed E-state index contributed by atoms with van der Waals surface area (Å²) >= 11 is 0. The quantitative estimate of drug-likeness (QED) is 0.220. The van der Waals surface area contributed by atoms with Crippen LogP contribution in [0.25, 0.3) is 17.1 Å². The van der Waals surface area contributed by atoms with Crippen molar-refractivity contribution < 1.29 is 38.4 Å². The summed E-state index contributed by atoms with van der Waals surface area (Å²) in [5.74, 6) is -1.11. The number of benzene rings is 1. The third-order valence-corrected chi connectivity index (χ3v) is 6.96. The minimum atomic E-state index is -1.36. The van der Waals surface area contributed by atoms with Gasteiger partial charge < -0.3 is 35.4 Å². The first kappa shape index (κ1) is 30.4. The highest BCUT2D eigenvalue weighted by atomic mass is 19.1. The van der Waals surface area contributed by atoms with E-state index < -0.39 is 36.1 Å². The largest absolute Gasteiger partial charge is 0.481 e. The van der Waals surface area contributed by atoms with Crippen LogP contribution in [0.1, 0.15) is 36.5 Å². The van der Waals surface area contributed by atoms with E-state index in [9.17, 15) is 23.8 Å². The third kappa shape index (κ3) is 7.80. The summed E-state index contributed by atoms with van der Waals surface area (Å²) in [4.78, 5) is 21.1. The number of nitrogens with zero attached hydrogens (tertiary/aromatic N) is 2. The Balaban J connectivity index is 1.46. The standard InChI is InChI=1S/C29H34F2N4O6/c1-40-26-9-7-22-27(35-26)19(10-12-33-22)28(38)29(39)23-8-6-21(24(41-23)16-25(37)34-13-14-36)32-11-2-3-17-15-18(30)4-5-20(17)31/h2-5,7,9-10,12,15,21,23-24,28-29,32,36,38-39H,6,8,11,13-14,16H2,1H3,(H,34,37)/b3-2+/t21-,23+,24?,28-,29+/m1/s1. The Kier molecular flexibility index (Phi) is 10.7. The number of methoxy groups -OCH3 is 1. The summed E-state index contributed by atoms with van der Waals surface area (Å²) in [6, 6.07) is 7.81. The van der Waals surface area contributed by atoms with Gasteiger partial charge in [0.1, 0.15) is 23.8 Å². The molecule has 1 aromatic carbocycles. The number of carbonyl (C=O) groups excluding carboxylic acids is 1. The van der Waals surface area contributed by atoms with E-state index in [4.69, 9.17) is 14.6 Å². The number of pyridine rings is 2. The zero-order chi connectivity index (χ0) is 29.4. The van der Waals surface area contributed by atoms with Gasteiger partial charge >= 0.3 is 0 Å². The van der Waals surface area contributed by atoms with Gasteiger partial charge in [-0.1, -0.05) is 12.2 Å². The molecule has 3 aromatic rings. The van der Waals surface area contributed by atoms with Crippen molar-refractivity contribution in [2.75, 3.05) is 26.8 Å². The summed E-state index contributed by atoms with van der Waals surface area (Å²) in [7, 11) is 1.47. The van der Waals surface area contributed by atoms with Gasteiger partial charge in [0.15, 0.2) is 0 Å². The number of fused-ring (bicyclic) bond motifs is 1. The molecular formula is C29H34F2N4O6. The Morgan fingerprint density at radius 2 is 2.05 bits per heavy atom. The van der Waals surface area contributed by atoms with E-state index in [1.165, 1.54) is 19.4 Å². The molecule has 5 atom stereocenters. The van der Waals surface area contributed by atoms with Crippen LogP contribution in [0.15, 0.2) is 48.7 Å². The Labute approximate surface area is 236 Å². The van der Waals surface area contributed by atoms with E-state index >= 15 is 0 Å². The maximum absolute atomic E-state index is 13.9. The molecule has 0 radical (unpaired) electrons. The van der Waals surface area contributed by atoms with Gasteiger partial charge in [0.05, 0.1) is 43.4 Å². The number of carbonyl (C=O) groups is 1. The SMILES string of the molecule is COc1ccc2nccc([C@@H](O)[C@@H](O)[C@@H]3CC[C@@H](NC/C=C/c4cc(F)ccc4F)C(CC(=O)NCCO)O3)c2n1. The van der Waals surface area contributed by atoms with Crippen molar-refractivity contribution in [2.24, 2.45) is 0 Å². The molecule has 1 amide bonds. The smallest absolute Gasteiger partial charge is 0.222 e. The molecule has 0 saturated carbocycles. The third-order valence-electron chi connectivity index (χ3n) is 6.96. The second-order valence-electron chi connectivity index (χ2n) is 9.71. The molecule has 0 bridgehead atoms. The van der Waals surface area contributed by atoms with Crippen LogP contribution in [-0.2, 0) is 9.53 Å². The molecule has 0 spiro atoms. The second kappa shape index (κ2) is 14.4. The monoisotopic (exact) mass is 572 g/mol. The topological polar surface area (TPSA) is 146 Å². The molecule has 1 saturated heterocycles. The normalized spacial score (nSPS) is 20.7. The van der Waals surface area contributed by atoms with Crippen LogP contribution in [0.3, 0.4) is 0 Å². The van der Waals surface area contributed by atoms with Gasteiger partial charge in [0, 0.05) is 42.5 Å². The number of hydrogen-bond acceptors (Lipinski definition) is 9. The van der Waals surface area contributed by atoms with Crippen molar-refractivity contribution in [2.45, 2.75) is 49.7 Å². The summed E-state index contributed by atoms with van der Waals surface area (Å²) in [6.07, 6.45) is 1.24. The average molecular weight is 573 g/mol. The Bertz CT molecular complexity index is 1360. The van der Waals surface area contributed by atoms with Gasteiger partial charge in [-0.15, -0.1) is 0 Å². The highest BCUT2D eigenvalue weighted by Crippen LogP contribution is 2.32. The van der Waals surface area contributed by atoms with E-state index in [2.05, 4.69) is 20.6 Å². The van der Waals surface area contributed by atoms with Gasteiger partial charge in [0.2, 0.25) is 11.8 Å². The predicted molar refractivity (Wildman–Crippen MR) is 147 cm³/mol. The first-order valence-electron chi connectivity index (χ1n) is 13.3. The summed E-state index contributed by atoms with van der Waals surface area (Å²) in [5, 5.41) is 37.2. The van der Waals surface area contributed by atoms with Crippen LogP contribution in [0.2, 0.25) is 0 Å². The summed E-state index contributed by atoms with van der Waals surface area (Å²) in [6.45, 7) is 0.152. The number of aromatic nitrogens is 2. The van der Waals surface area contributed by atoms with E-state index in [0.29, 0.717) is 35.3 Å². The number of halogens is 2. The fourth-order valence-electron chi connectivity index (χ4n) is 4.86. The van der Waals surface area contributed by atoms with Crippen LogP contribution < -0.4 is 15.4 Å². The molecule has 220 valence electrons. The molecule has 3 heterocycles. The predicted octanol–water partition coefficient (Wildman–Crippen LogP) is 2.03. The zero-order valence-corrected chi connectivity index (χ0v) is 22.5. The Morgan fingerprint density at radius 3 is 2.83 bits per heavy atom. The number of hydrogen-bond donors (Lipinski definition) is 5. The van der Waals surface area contributed by atoms with E-state index in [0.717, 1.165) is 18.2 Å². The summed E-state index contributed by atoms with van der Waals surface area (Å²) < 4.78 is 38.7. The number of aliphatic hydroxyl groups excluding tert-OH is 3. The van der Waals surface area contributed by atoms with Crippen molar-refractivity contribution in [3.05, 3.63) is 71.4 Å². The molecule has 1 aliphatic rings. The van der Waals surface area contributed by atoms with Crippen LogP contribution in [0.5, 0.6) is 5.88 Å². The van der Waals surface area contributed by atoms with Crippen molar-refractivity contribution >= 4 is 23.0 Å². The van der Waals surface area contributed by atoms with Gasteiger partial charge in [-0.2, -0.15) is 0 Å². The van der Waals surface area contributed by atoms with Crippen LogP contribution in [0, 0.1) is 11.6 Å². The lowest BCUT2D eigenvalue weighted by atomic mass is 9.90. The number of amides is 1. The van der Waals surface area contributed by atoms with Crippen LogP contribution in [0.4, 0.5) is 8.78 Å². The van der Waals surface area contributed by atoms with E-state index in [-0.39, 0.29) is 43.6 Å². The highest BCUT2D eigenvalue weighted by molar-refractivity contribution is 5.78. The van der Waals surface area contributed by atoms with E-state index in [1.807, 2.05) is 0 Å². The van der Waals surface area contributed by atoms with Gasteiger partial charge in [-0.3, -0.25) is 9.78 Å². The van der Waals surface area contributed by atoms with Crippen molar-refractivity contribution in [1.29, 1.82) is 0 Å². The molecule has 2 aromatic heterocycles. The second-order valence-corrected chi connectivity index (χ2v) is 9.71. The molecule has 41 heavy (non-hydrogen) atoms. The van der Waals surface area contributed by atoms with Gasteiger partial charge in [0.25, 0.3) is 0 Å². The van der Waals surface area contributed by atoms with Crippen LogP contribution in [-0.4, -0.2) is 82.4 Å². The molecule has 5 N–H and O–H groups in total. The average Bonchev–Trinajstić information content (AvgIpc) is 2.99. The molecule has 4 rings (SSSR count). The minimum Gasteiger partial charge on any atom is -0.481 e. The van der Waals surface area contributed by atoms with E-state index in [1.54, 1.807) is 24.3 Å². The molecule has 1 unspecified atom stereocenters. The Hall–Kier alpha value is -3.55. The van der Waals surface area contributed by atoms with Gasteiger partial charge in [-0.25, -0.2) is 13.8 Å². The number of nitrogens with one attached hydrogen (secondary N) is 2. The van der Waals surface area contributed by atoms with Gasteiger partial charge in [-0.05, 0) is 43.2 Å². The minimum absolute atomic E-state index is 0.0594. The fourth-order valence-corrected chi connectivity index (χ4v) is 4.86.